The molecule has 0 heterocycles. The Labute approximate surface area is 124 Å². The second kappa shape index (κ2) is 8.67. The van der Waals surface area contributed by atoms with E-state index in [0.717, 1.165) is 42.6 Å². The van der Waals surface area contributed by atoms with Gasteiger partial charge in [-0.05, 0) is 51.7 Å². The van der Waals surface area contributed by atoms with Crippen LogP contribution in [0.15, 0.2) is 22.7 Å². The molecule has 1 N–H and O–H groups in total. The van der Waals surface area contributed by atoms with Crippen LogP contribution in [0, 0.1) is 5.82 Å². The Bertz CT molecular complexity index is 380. The number of nitrogens with zero attached hydrogens (tertiary/aromatic N) is 1. The van der Waals surface area contributed by atoms with Gasteiger partial charge in [-0.3, -0.25) is 0 Å². The molecule has 0 saturated heterocycles. The van der Waals surface area contributed by atoms with Crippen molar-refractivity contribution in [1.82, 2.24) is 10.2 Å². The number of benzene rings is 1. The number of hydrogen-bond donors (Lipinski definition) is 1. The van der Waals surface area contributed by atoms with Crippen LogP contribution in [0.2, 0.25) is 0 Å². The van der Waals surface area contributed by atoms with Gasteiger partial charge >= 0.3 is 0 Å². The second-order valence-electron chi connectivity index (χ2n) is 4.72. The highest BCUT2D eigenvalue weighted by molar-refractivity contribution is 9.10. The molecule has 0 aliphatic carbocycles. The lowest BCUT2D eigenvalue weighted by molar-refractivity contribution is 0.296. The molecular formula is C15H24BrFN2. The molecule has 1 unspecified atom stereocenters. The van der Waals surface area contributed by atoms with E-state index < -0.39 is 0 Å². The van der Waals surface area contributed by atoms with Crippen LogP contribution in [0.1, 0.15) is 38.8 Å². The van der Waals surface area contributed by atoms with Gasteiger partial charge < -0.3 is 10.2 Å². The highest BCUT2D eigenvalue weighted by atomic mass is 79.9. The normalized spacial score (nSPS) is 12.9. The van der Waals surface area contributed by atoms with E-state index in [4.69, 9.17) is 0 Å². The van der Waals surface area contributed by atoms with Gasteiger partial charge in [-0.1, -0.05) is 35.8 Å². The fraction of sp³-hybridized carbons (Fsp3) is 0.600. The fourth-order valence-corrected chi connectivity index (χ4v) is 2.46. The third-order valence-corrected chi connectivity index (χ3v) is 3.92. The van der Waals surface area contributed by atoms with Crippen molar-refractivity contribution >= 4 is 15.9 Å². The SMILES string of the molecule is CCN(CC)CCCNC(C)c1ccc(Br)cc1F. The lowest BCUT2D eigenvalue weighted by Gasteiger charge is -2.19. The van der Waals surface area contributed by atoms with E-state index in [1.54, 1.807) is 0 Å². The minimum Gasteiger partial charge on any atom is -0.310 e. The summed E-state index contributed by atoms with van der Waals surface area (Å²) >= 11 is 3.28. The first-order chi connectivity index (χ1) is 9.08. The van der Waals surface area contributed by atoms with Crippen molar-refractivity contribution in [3.8, 4) is 0 Å². The predicted molar refractivity (Wildman–Crippen MR) is 82.9 cm³/mol. The van der Waals surface area contributed by atoms with Gasteiger partial charge in [-0.25, -0.2) is 4.39 Å². The molecule has 4 heteroatoms. The number of halogens is 2. The highest BCUT2D eigenvalue weighted by Gasteiger charge is 2.10. The Hall–Kier alpha value is -0.450. The van der Waals surface area contributed by atoms with Crippen LogP contribution < -0.4 is 5.32 Å². The van der Waals surface area contributed by atoms with Gasteiger partial charge in [0.15, 0.2) is 0 Å². The largest absolute Gasteiger partial charge is 0.310 e. The van der Waals surface area contributed by atoms with E-state index in [1.165, 1.54) is 6.07 Å². The van der Waals surface area contributed by atoms with Gasteiger partial charge in [-0.15, -0.1) is 0 Å². The van der Waals surface area contributed by atoms with Crippen molar-refractivity contribution in [2.24, 2.45) is 0 Å². The third-order valence-electron chi connectivity index (χ3n) is 3.43. The third kappa shape index (κ3) is 5.59. The first-order valence-electron chi connectivity index (χ1n) is 6.99. The van der Waals surface area contributed by atoms with E-state index in [-0.39, 0.29) is 11.9 Å². The Balaban J connectivity index is 2.37. The lowest BCUT2D eigenvalue weighted by atomic mass is 10.1. The summed E-state index contributed by atoms with van der Waals surface area (Å²) in [5, 5.41) is 3.38. The predicted octanol–water partition coefficient (Wildman–Crippen LogP) is 3.97. The van der Waals surface area contributed by atoms with E-state index in [0.29, 0.717) is 0 Å². The molecule has 1 aromatic rings. The maximum absolute atomic E-state index is 13.8. The molecule has 2 nitrogen and oxygen atoms in total. The van der Waals surface area contributed by atoms with Crippen molar-refractivity contribution < 1.29 is 4.39 Å². The molecule has 0 aliphatic rings. The molecule has 0 spiro atoms. The van der Waals surface area contributed by atoms with Gasteiger partial charge in [-0.2, -0.15) is 0 Å². The van der Waals surface area contributed by atoms with E-state index in [1.807, 2.05) is 19.1 Å². The molecular weight excluding hydrogens is 307 g/mol. The van der Waals surface area contributed by atoms with Crippen LogP contribution >= 0.6 is 15.9 Å². The van der Waals surface area contributed by atoms with E-state index in [9.17, 15) is 4.39 Å². The summed E-state index contributed by atoms with van der Waals surface area (Å²) in [4.78, 5) is 2.40. The summed E-state index contributed by atoms with van der Waals surface area (Å²) in [6.07, 6.45) is 1.09. The summed E-state index contributed by atoms with van der Waals surface area (Å²) in [6, 6.07) is 5.28. The van der Waals surface area contributed by atoms with E-state index >= 15 is 0 Å². The second-order valence-corrected chi connectivity index (χ2v) is 5.64. The fourth-order valence-electron chi connectivity index (χ4n) is 2.12. The van der Waals surface area contributed by atoms with Gasteiger partial charge in [0.05, 0.1) is 0 Å². The van der Waals surface area contributed by atoms with Crippen molar-refractivity contribution in [1.29, 1.82) is 0 Å². The van der Waals surface area contributed by atoms with Crippen LogP contribution in [0.5, 0.6) is 0 Å². The van der Waals surface area contributed by atoms with Crippen LogP contribution in [0.4, 0.5) is 4.39 Å². The van der Waals surface area contributed by atoms with Crippen molar-refractivity contribution in [2.75, 3.05) is 26.2 Å². The maximum Gasteiger partial charge on any atom is 0.129 e. The molecule has 0 radical (unpaired) electrons. The number of nitrogens with one attached hydrogen (secondary N) is 1. The molecule has 0 fully saturated rings. The zero-order valence-corrected chi connectivity index (χ0v) is 13.6. The average Bonchev–Trinajstić information content (AvgIpc) is 2.38. The van der Waals surface area contributed by atoms with E-state index in [2.05, 4.69) is 40.0 Å². The average molecular weight is 331 g/mol. The van der Waals surface area contributed by atoms with Crippen LogP contribution in [-0.4, -0.2) is 31.1 Å². The molecule has 1 aromatic carbocycles. The smallest absolute Gasteiger partial charge is 0.129 e. The van der Waals surface area contributed by atoms with Crippen molar-refractivity contribution in [2.45, 2.75) is 33.2 Å². The molecule has 108 valence electrons. The Morgan fingerprint density at radius 1 is 1.32 bits per heavy atom. The zero-order valence-electron chi connectivity index (χ0n) is 12.0. The van der Waals surface area contributed by atoms with Crippen LogP contribution in [0.3, 0.4) is 0 Å². The molecule has 0 amide bonds. The minimum absolute atomic E-state index is 0.0461. The summed E-state index contributed by atoms with van der Waals surface area (Å²) in [6.45, 7) is 10.5. The highest BCUT2D eigenvalue weighted by Crippen LogP contribution is 2.20. The standard InChI is InChI=1S/C15H24BrFN2/c1-4-19(5-2)10-6-9-18-12(3)14-8-7-13(16)11-15(14)17/h7-8,11-12,18H,4-6,9-10H2,1-3H3. The van der Waals surface area contributed by atoms with Crippen molar-refractivity contribution in [3.63, 3.8) is 0 Å². The molecule has 0 aromatic heterocycles. The summed E-state index contributed by atoms with van der Waals surface area (Å²) in [5.74, 6) is -0.155. The first kappa shape index (κ1) is 16.6. The maximum atomic E-state index is 13.8. The first-order valence-corrected chi connectivity index (χ1v) is 7.78. The topological polar surface area (TPSA) is 15.3 Å². The molecule has 0 saturated carbocycles. The molecule has 0 aliphatic heterocycles. The van der Waals surface area contributed by atoms with Gasteiger partial charge in [0.2, 0.25) is 0 Å². The molecule has 1 atom stereocenters. The Morgan fingerprint density at radius 2 is 2.00 bits per heavy atom. The number of rotatable bonds is 8. The van der Waals surface area contributed by atoms with Crippen molar-refractivity contribution in [3.05, 3.63) is 34.1 Å². The summed E-state index contributed by atoms with van der Waals surface area (Å²) in [7, 11) is 0. The minimum atomic E-state index is -0.155. The quantitative estimate of drug-likeness (QED) is 0.725. The number of hydrogen-bond acceptors (Lipinski definition) is 2. The molecule has 1 rings (SSSR count). The zero-order chi connectivity index (χ0) is 14.3. The lowest BCUT2D eigenvalue weighted by Crippen LogP contribution is -2.28. The summed E-state index contributed by atoms with van der Waals surface area (Å²) < 4.78 is 14.5. The van der Waals surface area contributed by atoms with Gasteiger partial charge in [0.1, 0.15) is 5.82 Å². The van der Waals surface area contributed by atoms with Gasteiger partial charge in [0, 0.05) is 16.1 Å². The van der Waals surface area contributed by atoms with Gasteiger partial charge in [0.25, 0.3) is 0 Å². The Morgan fingerprint density at radius 3 is 2.58 bits per heavy atom. The molecule has 0 bridgehead atoms. The monoisotopic (exact) mass is 330 g/mol. The summed E-state index contributed by atoms with van der Waals surface area (Å²) in [5.41, 5.74) is 0.728. The van der Waals surface area contributed by atoms with Crippen LogP contribution in [0.25, 0.3) is 0 Å². The van der Waals surface area contributed by atoms with Crippen LogP contribution in [-0.2, 0) is 0 Å². The Kier molecular flexibility index (Phi) is 7.57. The molecule has 19 heavy (non-hydrogen) atoms.